The zero-order chi connectivity index (χ0) is 15.1. The van der Waals surface area contributed by atoms with Gasteiger partial charge in [0.25, 0.3) is 0 Å². The van der Waals surface area contributed by atoms with Crippen LogP contribution in [0.25, 0.3) is 11.3 Å². The monoisotopic (exact) mass is 293 g/mol. The highest BCUT2D eigenvalue weighted by atomic mass is 35.5. The Bertz CT molecular complexity index is 668. The van der Waals surface area contributed by atoms with E-state index in [1.807, 2.05) is 33.8 Å². The number of hydrogen-bond acceptors (Lipinski definition) is 3. The van der Waals surface area contributed by atoms with Crippen molar-refractivity contribution in [3.63, 3.8) is 0 Å². The lowest BCUT2D eigenvalue weighted by Gasteiger charge is -2.14. The van der Waals surface area contributed by atoms with E-state index in [9.17, 15) is 9.90 Å². The van der Waals surface area contributed by atoms with Gasteiger partial charge < -0.3 is 9.63 Å². The molecule has 1 N–H and O–H groups in total. The molecular formula is C15H16ClNO3. The van der Waals surface area contributed by atoms with Crippen molar-refractivity contribution in [1.29, 1.82) is 0 Å². The third kappa shape index (κ3) is 2.56. The molecule has 4 nitrogen and oxygen atoms in total. The fourth-order valence-corrected chi connectivity index (χ4v) is 2.12. The second-order valence-corrected chi connectivity index (χ2v) is 6.16. The van der Waals surface area contributed by atoms with E-state index >= 15 is 0 Å². The highest BCUT2D eigenvalue weighted by Crippen LogP contribution is 2.34. The smallest absolute Gasteiger partial charge is 0.341 e. The number of carboxylic acids is 1. The van der Waals surface area contributed by atoms with E-state index < -0.39 is 11.4 Å². The van der Waals surface area contributed by atoms with Gasteiger partial charge in [-0.05, 0) is 18.6 Å². The molecule has 1 heterocycles. The summed E-state index contributed by atoms with van der Waals surface area (Å²) in [6.45, 7) is 7.52. The topological polar surface area (TPSA) is 63.3 Å². The van der Waals surface area contributed by atoms with Gasteiger partial charge in [0.15, 0.2) is 5.76 Å². The second kappa shape index (κ2) is 4.94. The van der Waals surface area contributed by atoms with E-state index in [1.54, 1.807) is 12.1 Å². The zero-order valence-electron chi connectivity index (χ0n) is 11.8. The fourth-order valence-electron chi connectivity index (χ4n) is 1.94. The van der Waals surface area contributed by atoms with Crippen LogP contribution in [-0.4, -0.2) is 16.2 Å². The van der Waals surface area contributed by atoms with Crippen molar-refractivity contribution in [2.24, 2.45) is 0 Å². The molecule has 0 saturated heterocycles. The van der Waals surface area contributed by atoms with Crippen LogP contribution in [0.3, 0.4) is 0 Å². The number of carbonyl (C=O) groups is 1. The lowest BCUT2D eigenvalue weighted by atomic mass is 9.89. The Morgan fingerprint density at radius 3 is 2.50 bits per heavy atom. The summed E-state index contributed by atoms with van der Waals surface area (Å²) in [5.41, 5.74) is 1.53. The molecule has 2 aromatic rings. The van der Waals surface area contributed by atoms with Crippen molar-refractivity contribution in [3.05, 3.63) is 40.1 Å². The number of aromatic carboxylic acids is 1. The molecule has 0 aliphatic carbocycles. The summed E-state index contributed by atoms with van der Waals surface area (Å²) >= 11 is 6.09. The van der Waals surface area contributed by atoms with Crippen LogP contribution < -0.4 is 0 Å². The highest BCUT2D eigenvalue weighted by molar-refractivity contribution is 6.31. The average molecular weight is 294 g/mol. The predicted octanol–water partition coefficient (Wildman–Crippen LogP) is 4.30. The molecule has 0 unspecified atom stereocenters. The molecule has 5 heteroatoms. The third-order valence-corrected chi connectivity index (χ3v) is 3.44. The summed E-state index contributed by atoms with van der Waals surface area (Å²) < 4.78 is 5.27. The van der Waals surface area contributed by atoms with E-state index in [-0.39, 0.29) is 5.56 Å². The third-order valence-electron chi connectivity index (χ3n) is 3.03. The summed E-state index contributed by atoms with van der Waals surface area (Å²) in [4.78, 5) is 11.5. The number of benzene rings is 1. The van der Waals surface area contributed by atoms with Crippen molar-refractivity contribution in [2.45, 2.75) is 33.1 Å². The van der Waals surface area contributed by atoms with E-state index in [0.717, 1.165) is 5.56 Å². The summed E-state index contributed by atoms with van der Waals surface area (Å²) in [7, 11) is 0. The molecule has 1 aromatic carbocycles. The van der Waals surface area contributed by atoms with Crippen molar-refractivity contribution < 1.29 is 14.4 Å². The highest BCUT2D eigenvalue weighted by Gasteiger charge is 2.31. The van der Waals surface area contributed by atoms with Crippen molar-refractivity contribution in [3.8, 4) is 11.3 Å². The Hall–Kier alpha value is -1.81. The van der Waals surface area contributed by atoms with Crippen molar-refractivity contribution >= 4 is 17.6 Å². The molecule has 0 saturated carbocycles. The molecular weight excluding hydrogens is 278 g/mol. The molecule has 1 aromatic heterocycles. The van der Waals surface area contributed by atoms with Gasteiger partial charge in [0, 0.05) is 16.0 Å². The summed E-state index contributed by atoms with van der Waals surface area (Å²) in [6.07, 6.45) is 0. The number of rotatable bonds is 2. The lowest BCUT2D eigenvalue weighted by Crippen LogP contribution is -2.15. The molecule has 2 rings (SSSR count). The van der Waals surface area contributed by atoms with Crippen LogP contribution in [0.15, 0.2) is 22.7 Å². The lowest BCUT2D eigenvalue weighted by molar-refractivity contribution is 0.0693. The Kier molecular flexibility index (Phi) is 3.61. The second-order valence-electron chi connectivity index (χ2n) is 5.75. The van der Waals surface area contributed by atoms with Crippen LogP contribution in [0.1, 0.15) is 42.5 Å². The van der Waals surface area contributed by atoms with Gasteiger partial charge in [-0.2, -0.15) is 0 Å². The van der Waals surface area contributed by atoms with Crippen LogP contribution in [0, 0.1) is 6.92 Å². The first-order valence-electron chi connectivity index (χ1n) is 6.22. The van der Waals surface area contributed by atoms with E-state index in [0.29, 0.717) is 22.0 Å². The Morgan fingerprint density at radius 2 is 2.00 bits per heavy atom. The quantitative estimate of drug-likeness (QED) is 0.896. The van der Waals surface area contributed by atoms with Gasteiger partial charge in [0.1, 0.15) is 11.3 Å². The van der Waals surface area contributed by atoms with Crippen LogP contribution >= 0.6 is 11.6 Å². The number of carboxylic acid groups (broad SMARTS) is 1. The van der Waals surface area contributed by atoms with E-state index in [1.165, 1.54) is 0 Å². The minimum absolute atomic E-state index is 0.0948. The maximum absolute atomic E-state index is 11.5. The molecule has 0 fully saturated rings. The molecule has 20 heavy (non-hydrogen) atoms. The first-order chi connectivity index (χ1) is 9.21. The van der Waals surface area contributed by atoms with Gasteiger partial charge in [-0.25, -0.2) is 4.79 Å². The molecule has 0 atom stereocenters. The SMILES string of the molecule is Cc1ccc(-c2noc(C(C)(C)C)c2C(=O)O)cc1Cl. The van der Waals surface area contributed by atoms with Gasteiger partial charge in [0.05, 0.1) is 0 Å². The van der Waals surface area contributed by atoms with Gasteiger partial charge in [0.2, 0.25) is 0 Å². The van der Waals surface area contributed by atoms with E-state index in [2.05, 4.69) is 5.16 Å². The van der Waals surface area contributed by atoms with Crippen LogP contribution in [0.4, 0.5) is 0 Å². The number of nitrogens with zero attached hydrogens (tertiary/aromatic N) is 1. The Labute approximate surface area is 122 Å². The maximum atomic E-state index is 11.5. The Balaban J connectivity index is 2.66. The molecule has 0 radical (unpaired) electrons. The molecule has 0 aliphatic heterocycles. The van der Waals surface area contributed by atoms with Gasteiger partial charge in [-0.3, -0.25) is 0 Å². The molecule has 106 valence electrons. The van der Waals surface area contributed by atoms with Crippen LogP contribution in [0.5, 0.6) is 0 Å². The van der Waals surface area contributed by atoms with Crippen molar-refractivity contribution in [2.75, 3.05) is 0 Å². The molecule has 0 spiro atoms. The summed E-state index contributed by atoms with van der Waals surface area (Å²) in [6, 6.07) is 5.32. The van der Waals surface area contributed by atoms with Gasteiger partial charge >= 0.3 is 5.97 Å². The number of aromatic nitrogens is 1. The first kappa shape index (κ1) is 14.6. The summed E-state index contributed by atoms with van der Waals surface area (Å²) in [5, 5.41) is 13.9. The number of hydrogen-bond donors (Lipinski definition) is 1. The van der Waals surface area contributed by atoms with Crippen LogP contribution in [0.2, 0.25) is 5.02 Å². The average Bonchev–Trinajstić information content (AvgIpc) is 2.77. The normalized spacial score (nSPS) is 11.7. The number of halogens is 1. The van der Waals surface area contributed by atoms with Gasteiger partial charge in [-0.1, -0.05) is 49.7 Å². The van der Waals surface area contributed by atoms with Crippen molar-refractivity contribution in [1.82, 2.24) is 5.16 Å². The fraction of sp³-hybridized carbons (Fsp3) is 0.333. The molecule has 0 amide bonds. The molecule has 0 bridgehead atoms. The zero-order valence-corrected chi connectivity index (χ0v) is 12.6. The molecule has 0 aliphatic rings. The first-order valence-corrected chi connectivity index (χ1v) is 6.59. The minimum Gasteiger partial charge on any atom is -0.477 e. The standard InChI is InChI=1S/C15H16ClNO3/c1-8-5-6-9(7-10(8)16)12-11(14(18)19)13(20-17-12)15(2,3)4/h5-7H,1-4H3,(H,18,19). The largest absolute Gasteiger partial charge is 0.477 e. The van der Waals surface area contributed by atoms with Crippen LogP contribution in [-0.2, 0) is 5.41 Å². The number of aryl methyl sites for hydroxylation is 1. The maximum Gasteiger partial charge on any atom is 0.341 e. The Morgan fingerprint density at radius 1 is 1.35 bits per heavy atom. The van der Waals surface area contributed by atoms with Gasteiger partial charge in [-0.15, -0.1) is 0 Å². The van der Waals surface area contributed by atoms with E-state index in [4.69, 9.17) is 16.1 Å². The predicted molar refractivity (Wildman–Crippen MR) is 77.3 cm³/mol. The minimum atomic E-state index is -1.05. The summed E-state index contributed by atoms with van der Waals surface area (Å²) in [5.74, 6) is -0.695.